The van der Waals surface area contributed by atoms with Gasteiger partial charge in [0.2, 0.25) is 5.91 Å². The molecule has 1 N–H and O–H groups in total. The van der Waals surface area contributed by atoms with E-state index in [1.54, 1.807) is 12.1 Å². The van der Waals surface area contributed by atoms with E-state index in [2.05, 4.69) is 38.2 Å². The second kappa shape index (κ2) is 10.6. The summed E-state index contributed by atoms with van der Waals surface area (Å²) in [5.74, 6) is 0.761. The molecule has 2 aliphatic rings. The van der Waals surface area contributed by atoms with Gasteiger partial charge in [0.1, 0.15) is 11.5 Å². The number of anilines is 1. The Balaban J connectivity index is 1.47. The molecule has 6 heteroatoms. The molecule has 196 valence electrons. The molecular weight excluding hydrogens is 488 g/mol. The van der Waals surface area contributed by atoms with Gasteiger partial charge in [-0.1, -0.05) is 81.4 Å². The highest BCUT2D eigenvalue weighted by Gasteiger charge is 2.24. The number of para-hydroxylation sites is 1. The number of benzene rings is 3. The van der Waals surface area contributed by atoms with Crippen LogP contribution in [0.4, 0.5) is 11.4 Å². The summed E-state index contributed by atoms with van der Waals surface area (Å²) in [4.78, 5) is 24.6. The summed E-state index contributed by atoms with van der Waals surface area (Å²) in [7, 11) is 0. The molecule has 39 heavy (non-hydrogen) atoms. The van der Waals surface area contributed by atoms with Crippen LogP contribution in [-0.4, -0.2) is 10.8 Å². The van der Waals surface area contributed by atoms with Gasteiger partial charge in [-0.3, -0.25) is 14.9 Å². The van der Waals surface area contributed by atoms with Crippen LogP contribution in [0, 0.1) is 10.1 Å². The van der Waals surface area contributed by atoms with E-state index in [1.165, 1.54) is 17.7 Å². The predicted octanol–water partition coefficient (Wildman–Crippen LogP) is 8.22. The summed E-state index contributed by atoms with van der Waals surface area (Å²) in [6, 6.07) is 31.8. The molecule has 5 rings (SSSR count). The molecule has 1 atom stereocenters. The highest BCUT2D eigenvalue weighted by Crippen LogP contribution is 2.34. The maximum Gasteiger partial charge on any atom is 0.269 e. The van der Waals surface area contributed by atoms with E-state index in [-0.39, 0.29) is 17.0 Å². The number of nitro groups is 1. The first-order chi connectivity index (χ1) is 18.7. The van der Waals surface area contributed by atoms with E-state index in [0.29, 0.717) is 17.9 Å². The number of nitro benzene ring substituents is 1. The van der Waals surface area contributed by atoms with Crippen LogP contribution in [0.15, 0.2) is 108 Å². The van der Waals surface area contributed by atoms with E-state index in [0.717, 1.165) is 28.0 Å². The molecule has 0 bridgehead atoms. The maximum atomic E-state index is 13.9. The molecule has 1 amide bonds. The molecule has 0 spiro atoms. The quantitative estimate of drug-likeness (QED) is 0.174. The van der Waals surface area contributed by atoms with Gasteiger partial charge in [-0.15, -0.1) is 0 Å². The van der Waals surface area contributed by atoms with Gasteiger partial charge in [0.25, 0.3) is 5.69 Å². The van der Waals surface area contributed by atoms with Crippen LogP contribution in [0.3, 0.4) is 0 Å². The van der Waals surface area contributed by atoms with Crippen molar-refractivity contribution in [1.29, 1.82) is 0 Å². The van der Waals surface area contributed by atoms with Crippen molar-refractivity contribution in [3.63, 3.8) is 0 Å². The molecule has 1 aliphatic carbocycles. The van der Waals surface area contributed by atoms with Gasteiger partial charge in [-0.25, -0.2) is 0 Å². The fourth-order valence-corrected chi connectivity index (χ4v) is 4.70. The lowest BCUT2D eigenvalue weighted by atomic mass is 9.84. The maximum absolute atomic E-state index is 13.9. The Hall–Kier alpha value is -4.71. The standard InChI is InChI=1S/C33H30N2O4/c1-33(2,3)25-16-13-23(14-17-25)28(21-22-11-18-26(19-12-22)35(37)38)32(36)34-29-9-5-4-8-27(29)31-20-15-24-7-6-10-30(24)39-31/h4-20,28H,21H2,1-3H3,(H,34,36). The number of carbonyl (C=O) groups is 1. The number of hydrogen-bond acceptors (Lipinski definition) is 4. The van der Waals surface area contributed by atoms with Crippen LogP contribution >= 0.6 is 0 Å². The summed E-state index contributed by atoms with van der Waals surface area (Å²) < 4.78 is 6.12. The molecule has 3 aromatic rings. The Kier molecular flexibility index (Phi) is 7.03. The van der Waals surface area contributed by atoms with Crippen molar-refractivity contribution < 1.29 is 14.1 Å². The van der Waals surface area contributed by atoms with Crippen LogP contribution in [0.1, 0.15) is 43.4 Å². The van der Waals surface area contributed by atoms with Crippen molar-refractivity contribution in [3.8, 4) is 22.6 Å². The topological polar surface area (TPSA) is 85.4 Å². The lowest BCUT2D eigenvalue weighted by Crippen LogP contribution is -2.23. The van der Waals surface area contributed by atoms with Crippen LogP contribution in [0.25, 0.3) is 22.6 Å². The van der Waals surface area contributed by atoms with Crippen molar-refractivity contribution in [3.05, 3.63) is 130 Å². The molecule has 0 aromatic heterocycles. The van der Waals surface area contributed by atoms with Gasteiger partial charge in [-0.2, -0.15) is 0 Å². The van der Waals surface area contributed by atoms with Crippen molar-refractivity contribution in [2.24, 2.45) is 0 Å². The fourth-order valence-electron chi connectivity index (χ4n) is 4.70. The molecule has 0 saturated carbocycles. The molecule has 1 heterocycles. The average molecular weight is 519 g/mol. The zero-order chi connectivity index (χ0) is 27.6. The number of amides is 1. The smallest absolute Gasteiger partial charge is 0.269 e. The highest BCUT2D eigenvalue weighted by molar-refractivity contribution is 5.99. The lowest BCUT2D eigenvalue weighted by Gasteiger charge is -2.22. The van der Waals surface area contributed by atoms with Gasteiger partial charge >= 0.3 is 0 Å². The molecule has 1 aliphatic heterocycles. The molecular formula is C33H30N2O4. The molecule has 3 aromatic carbocycles. The largest absolute Gasteiger partial charge is 0.456 e. The molecule has 1 unspecified atom stereocenters. The van der Waals surface area contributed by atoms with Gasteiger partial charge in [0, 0.05) is 23.3 Å². The summed E-state index contributed by atoms with van der Waals surface area (Å²) in [6.45, 7) is 6.45. The fraction of sp³-hybridized carbons (Fsp3) is 0.182. The number of carbonyl (C=O) groups excluding carboxylic acids is 1. The van der Waals surface area contributed by atoms with Crippen LogP contribution in [-0.2, 0) is 16.6 Å². The van der Waals surface area contributed by atoms with Crippen molar-refractivity contribution in [2.45, 2.75) is 38.5 Å². The second-order valence-corrected chi connectivity index (χ2v) is 10.7. The normalized spacial score (nSPS) is 12.3. The second-order valence-electron chi connectivity index (χ2n) is 10.7. The van der Waals surface area contributed by atoms with E-state index < -0.39 is 10.8 Å². The third kappa shape index (κ3) is 5.75. The minimum Gasteiger partial charge on any atom is -0.456 e. The average Bonchev–Trinajstić information content (AvgIpc) is 3.40. The highest BCUT2D eigenvalue weighted by atomic mass is 16.6. The lowest BCUT2D eigenvalue weighted by molar-refractivity contribution is -0.384. The SMILES string of the molecule is CC(C)(C)c1ccc(C(Cc2ccc([N+](=O)[O-])cc2)C(=O)Nc2ccccc2-c2ccc3cccc-3o2)cc1. The summed E-state index contributed by atoms with van der Waals surface area (Å²) >= 11 is 0. The predicted molar refractivity (Wildman–Crippen MR) is 154 cm³/mol. The van der Waals surface area contributed by atoms with Crippen molar-refractivity contribution >= 4 is 17.3 Å². The number of nitrogens with zero attached hydrogens (tertiary/aromatic N) is 1. The number of nitrogens with one attached hydrogen (secondary N) is 1. The molecule has 0 fully saturated rings. The van der Waals surface area contributed by atoms with Gasteiger partial charge in [0.05, 0.1) is 16.5 Å². The zero-order valence-corrected chi connectivity index (χ0v) is 22.2. The first-order valence-electron chi connectivity index (χ1n) is 12.9. The van der Waals surface area contributed by atoms with Crippen LogP contribution < -0.4 is 5.32 Å². The van der Waals surface area contributed by atoms with Gasteiger partial charge in [0.15, 0.2) is 0 Å². The van der Waals surface area contributed by atoms with E-state index >= 15 is 0 Å². The Morgan fingerprint density at radius 1 is 0.846 bits per heavy atom. The Morgan fingerprint density at radius 2 is 1.56 bits per heavy atom. The summed E-state index contributed by atoms with van der Waals surface area (Å²) in [6.07, 6.45) is 0.394. The van der Waals surface area contributed by atoms with Crippen LogP contribution in [0.5, 0.6) is 0 Å². The molecule has 6 nitrogen and oxygen atoms in total. The minimum absolute atomic E-state index is 0.0140. The summed E-state index contributed by atoms with van der Waals surface area (Å²) in [5.41, 5.74) is 5.35. The molecule has 0 saturated heterocycles. The third-order valence-corrected chi connectivity index (χ3v) is 6.98. The van der Waals surface area contributed by atoms with Crippen molar-refractivity contribution in [2.75, 3.05) is 5.32 Å². The summed E-state index contributed by atoms with van der Waals surface area (Å²) in [5, 5.41) is 14.3. The number of non-ortho nitro benzene ring substituents is 1. The Labute approximate surface area is 227 Å². The van der Waals surface area contributed by atoms with Crippen LogP contribution in [0.2, 0.25) is 0 Å². The molecule has 0 radical (unpaired) electrons. The van der Waals surface area contributed by atoms with Gasteiger partial charge in [-0.05, 0) is 58.9 Å². The number of fused-ring (bicyclic) bond motifs is 1. The van der Waals surface area contributed by atoms with Gasteiger partial charge < -0.3 is 9.73 Å². The number of rotatable bonds is 7. The number of hydrogen-bond donors (Lipinski definition) is 1. The first kappa shape index (κ1) is 25.9. The monoisotopic (exact) mass is 518 g/mol. The Morgan fingerprint density at radius 3 is 2.26 bits per heavy atom. The van der Waals surface area contributed by atoms with Crippen molar-refractivity contribution in [1.82, 2.24) is 0 Å². The zero-order valence-electron chi connectivity index (χ0n) is 22.2. The first-order valence-corrected chi connectivity index (χ1v) is 12.9. The third-order valence-electron chi connectivity index (χ3n) is 6.98. The minimum atomic E-state index is -0.511. The van der Waals surface area contributed by atoms with E-state index in [4.69, 9.17) is 4.42 Å². The van der Waals surface area contributed by atoms with E-state index in [1.807, 2.05) is 66.7 Å². The Bertz CT molecular complexity index is 1580. The van der Waals surface area contributed by atoms with E-state index in [9.17, 15) is 14.9 Å².